The number of nitrogens with zero attached hydrogens (tertiary/aromatic N) is 2. The number of aryl methyl sites for hydroxylation is 1. The van der Waals surface area contributed by atoms with Gasteiger partial charge in [0.2, 0.25) is 0 Å². The van der Waals surface area contributed by atoms with E-state index >= 15 is 0 Å². The summed E-state index contributed by atoms with van der Waals surface area (Å²) in [6.45, 7) is 6.61. The molecule has 3 heterocycles. The quantitative estimate of drug-likeness (QED) is 0.242. The van der Waals surface area contributed by atoms with Gasteiger partial charge in [0.05, 0.1) is 29.5 Å². The van der Waals surface area contributed by atoms with Gasteiger partial charge in [0.1, 0.15) is 5.82 Å². The highest BCUT2D eigenvalue weighted by atomic mass is 32.1. The fraction of sp³-hybridized carbons (Fsp3) is 0.265. The number of fused-ring (bicyclic) bond motifs is 3. The third-order valence-electron chi connectivity index (χ3n) is 7.99. The van der Waals surface area contributed by atoms with Crippen LogP contribution in [-0.2, 0) is 11.2 Å². The predicted octanol–water partition coefficient (Wildman–Crippen LogP) is 5.77. The molecule has 0 bridgehead atoms. The van der Waals surface area contributed by atoms with E-state index in [1.54, 1.807) is 48.2 Å². The molecule has 0 spiro atoms. The van der Waals surface area contributed by atoms with Crippen LogP contribution in [0.15, 0.2) is 72.8 Å². The van der Waals surface area contributed by atoms with E-state index in [1.165, 1.54) is 17.4 Å². The minimum atomic E-state index is -0.479. The highest BCUT2D eigenvalue weighted by molar-refractivity contribution is 7.17. The van der Waals surface area contributed by atoms with Gasteiger partial charge in [-0.25, -0.2) is 9.18 Å². The van der Waals surface area contributed by atoms with Crippen molar-refractivity contribution < 1.29 is 23.5 Å². The fourth-order valence-electron chi connectivity index (χ4n) is 5.56. The van der Waals surface area contributed by atoms with Crippen LogP contribution in [0.25, 0.3) is 10.4 Å². The Morgan fingerprint density at radius 3 is 2.49 bits per heavy atom. The molecule has 0 unspecified atom stereocenters. The van der Waals surface area contributed by atoms with Crippen molar-refractivity contribution in [2.75, 3.05) is 61.5 Å². The molecule has 0 aliphatic carbocycles. The van der Waals surface area contributed by atoms with Gasteiger partial charge in [-0.15, -0.1) is 11.3 Å². The van der Waals surface area contributed by atoms with Crippen LogP contribution >= 0.6 is 11.3 Å². The molecule has 0 saturated carbocycles. The Kier molecular flexibility index (Phi) is 9.20. The van der Waals surface area contributed by atoms with E-state index < -0.39 is 5.82 Å². The Balaban J connectivity index is 1.13. The first-order valence-electron chi connectivity index (χ1n) is 14.9. The zero-order valence-corrected chi connectivity index (χ0v) is 25.7. The van der Waals surface area contributed by atoms with Crippen LogP contribution in [0.3, 0.4) is 0 Å². The first-order chi connectivity index (χ1) is 21.9. The molecule has 45 heavy (non-hydrogen) atoms. The minimum Gasteiger partial charge on any atom is -0.379 e. The Labute approximate surface area is 265 Å². The molecule has 4 amide bonds. The molecular weight excluding hydrogens is 593 g/mol. The largest absolute Gasteiger partial charge is 0.379 e. The van der Waals surface area contributed by atoms with Crippen LogP contribution in [0.1, 0.15) is 31.2 Å². The number of rotatable bonds is 7. The van der Waals surface area contributed by atoms with Crippen molar-refractivity contribution in [1.29, 1.82) is 0 Å². The van der Waals surface area contributed by atoms with Crippen molar-refractivity contribution in [2.24, 2.45) is 0 Å². The van der Waals surface area contributed by atoms with Gasteiger partial charge in [0, 0.05) is 54.4 Å². The zero-order chi connectivity index (χ0) is 31.3. The first-order valence-corrected chi connectivity index (χ1v) is 15.7. The Morgan fingerprint density at radius 1 is 0.933 bits per heavy atom. The van der Waals surface area contributed by atoms with Crippen molar-refractivity contribution >= 4 is 46.2 Å². The highest BCUT2D eigenvalue weighted by Gasteiger charge is 2.28. The average Bonchev–Trinajstić information content (AvgIpc) is 3.42. The van der Waals surface area contributed by atoms with E-state index in [0.717, 1.165) is 41.3 Å². The lowest BCUT2D eigenvalue weighted by atomic mass is 10.1. The number of nitrogens with one attached hydrogen (secondary N) is 3. The summed E-state index contributed by atoms with van der Waals surface area (Å²) in [4.78, 5) is 44.7. The van der Waals surface area contributed by atoms with E-state index in [1.807, 2.05) is 30.3 Å². The van der Waals surface area contributed by atoms with Crippen LogP contribution in [0.5, 0.6) is 0 Å². The first kappa shape index (κ1) is 30.4. The molecule has 9 nitrogen and oxygen atoms in total. The second-order valence-electron chi connectivity index (χ2n) is 11.0. The number of urea groups is 1. The van der Waals surface area contributed by atoms with Gasteiger partial charge in [-0.2, -0.15) is 0 Å². The summed E-state index contributed by atoms with van der Waals surface area (Å²) in [6.07, 6.45) is 0.544. The molecule has 4 aromatic rings. The number of hydrogen-bond acceptors (Lipinski definition) is 6. The summed E-state index contributed by atoms with van der Waals surface area (Å²) in [7, 11) is 0. The van der Waals surface area contributed by atoms with Gasteiger partial charge in [0.25, 0.3) is 11.8 Å². The minimum absolute atomic E-state index is 0.160. The van der Waals surface area contributed by atoms with Gasteiger partial charge in [-0.1, -0.05) is 30.3 Å². The Hall–Kier alpha value is -4.58. The summed E-state index contributed by atoms with van der Waals surface area (Å²) in [5.41, 5.74) is 4.47. The molecule has 1 saturated heterocycles. The summed E-state index contributed by atoms with van der Waals surface area (Å²) >= 11 is 1.33. The van der Waals surface area contributed by atoms with E-state index in [9.17, 15) is 18.8 Å². The van der Waals surface area contributed by atoms with Gasteiger partial charge >= 0.3 is 6.03 Å². The molecule has 1 aromatic heterocycles. The topological polar surface area (TPSA) is 103 Å². The SMILES string of the molecule is Cc1cccc(F)c1NC(=O)c1cc2c(s1)-c1ccccc1N(C(=O)c1ccc(NC(=O)NCCN3CCOCC3)cc1)CC2. The standard InChI is InChI=1S/C34H34FN5O4S/c1-22-5-4-7-27(35)30(22)38-32(41)29-21-24-13-15-40(28-8-3-2-6-26(28)31(24)45-29)33(42)23-9-11-25(12-10-23)37-34(43)36-14-16-39-17-19-44-20-18-39/h2-12,21H,13-20H2,1H3,(H,38,41)(H2,36,37,43). The molecule has 1 fully saturated rings. The smallest absolute Gasteiger partial charge is 0.319 e. The third kappa shape index (κ3) is 6.90. The number of para-hydroxylation sites is 2. The normalized spacial score (nSPS) is 14.6. The molecule has 6 rings (SSSR count). The second-order valence-corrected chi connectivity index (χ2v) is 12.0. The summed E-state index contributed by atoms with van der Waals surface area (Å²) in [5, 5.41) is 8.42. The number of thiophene rings is 1. The molecule has 2 aliphatic rings. The molecule has 3 aromatic carbocycles. The molecule has 2 aliphatic heterocycles. The lowest BCUT2D eigenvalue weighted by Gasteiger charge is -2.26. The molecule has 3 N–H and O–H groups in total. The maximum Gasteiger partial charge on any atom is 0.319 e. The maximum atomic E-state index is 14.4. The number of halogens is 1. The van der Waals surface area contributed by atoms with Crippen LogP contribution in [0.2, 0.25) is 0 Å². The number of anilines is 3. The van der Waals surface area contributed by atoms with Gasteiger partial charge in [-0.05, 0) is 66.9 Å². The predicted molar refractivity (Wildman–Crippen MR) is 175 cm³/mol. The van der Waals surface area contributed by atoms with E-state index in [-0.39, 0.29) is 23.5 Å². The van der Waals surface area contributed by atoms with Crippen LogP contribution < -0.4 is 20.9 Å². The zero-order valence-electron chi connectivity index (χ0n) is 24.9. The number of carbonyl (C=O) groups excluding carboxylic acids is 3. The van der Waals surface area contributed by atoms with Crippen LogP contribution in [0, 0.1) is 12.7 Å². The highest BCUT2D eigenvalue weighted by Crippen LogP contribution is 2.42. The van der Waals surface area contributed by atoms with Crippen molar-refractivity contribution in [1.82, 2.24) is 10.2 Å². The van der Waals surface area contributed by atoms with E-state index in [0.29, 0.717) is 54.4 Å². The lowest BCUT2D eigenvalue weighted by molar-refractivity contribution is 0.0388. The van der Waals surface area contributed by atoms with Gasteiger partial charge in [0.15, 0.2) is 0 Å². The van der Waals surface area contributed by atoms with Crippen molar-refractivity contribution in [2.45, 2.75) is 13.3 Å². The Morgan fingerprint density at radius 2 is 1.71 bits per heavy atom. The van der Waals surface area contributed by atoms with E-state index in [4.69, 9.17) is 4.74 Å². The monoisotopic (exact) mass is 627 g/mol. The van der Waals surface area contributed by atoms with Gasteiger partial charge < -0.3 is 25.6 Å². The summed E-state index contributed by atoms with van der Waals surface area (Å²) in [6, 6.07) is 20.7. The second kappa shape index (κ2) is 13.6. The number of amides is 4. The number of morpholine rings is 1. The number of ether oxygens (including phenoxy) is 1. The number of hydrogen-bond donors (Lipinski definition) is 3. The molecular formula is C34H34FN5O4S. The average molecular weight is 628 g/mol. The van der Waals surface area contributed by atoms with Gasteiger partial charge in [-0.3, -0.25) is 14.5 Å². The number of carbonyl (C=O) groups is 3. The fourth-order valence-corrected chi connectivity index (χ4v) is 6.70. The molecule has 0 atom stereocenters. The third-order valence-corrected chi connectivity index (χ3v) is 9.20. The summed E-state index contributed by atoms with van der Waals surface area (Å²) < 4.78 is 19.7. The molecule has 11 heteroatoms. The lowest BCUT2D eigenvalue weighted by Crippen LogP contribution is -2.42. The van der Waals surface area contributed by atoms with Crippen molar-refractivity contribution in [3.8, 4) is 10.4 Å². The maximum absolute atomic E-state index is 14.4. The number of benzene rings is 3. The van der Waals surface area contributed by atoms with Crippen LogP contribution in [0.4, 0.5) is 26.2 Å². The van der Waals surface area contributed by atoms with Crippen molar-refractivity contribution in [3.63, 3.8) is 0 Å². The Bertz CT molecular complexity index is 1700. The summed E-state index contributed by atoms with van der Waals surface area (Å²) in [5.74, 6) is -1.01. The molecule has 0 radical (unpaired) electrons. The molecule has 232 valence electrons. The van der Waals surface area contributed by atoms with E-state index in [2.05, 4.69) is 20.9 Å². The van der Waals surface area contributed by atoms with Crippen LogP contribution in [-0.4, -0.2) is 68.7 Å². The van der Waals surface area contributed by atoms with Crippen molar-refractivity contribution in [3.05, 3.63) is 100 Å².